The van der Waals surface area contributed by atoms with Gasteiger partial charge in [0.15, 0.2) is 5.76 Å². The third-order valence-electron chi connectivity index (χ3n) is 5.11. The zero-order chi connectivity index (χ0) is 19.0. The summed E-state index contributed by atoms with van der Waals surface area (Å²) in [7, 11) is -3.64. The number of aryl methyl sites for hydroxylation is 2. The van der Waals surface area contributed by atoms with E-state index in [-0.39, 0.29) is 10.8 Å². The number of H-pyrrole nitrogens is 1. The average Bonchev–Trinajstić information content (AvgIpc) is 3.29. The van der Waals surface area contributed by atoms with E-state index in [0.29, 0.717) is 24.5 Å². The lowest BCUT2D eigenvalue weighted by atomic mass is 9.91. The lowest BCUT2D eigenvalue weighted by Gasteiger charge is -2.31. The van der Waals surface area contributed by atoms with Crippen molar-refractivity contribution in [3.63, 3.8) is 0 Å². The normalized spacial score (nSPS) is 18.7. The first-order chi connectivity index (χ1) is 13.0. The van der Waals surface area contributed by atoms with E-state index in [2.05, 4.69) is 15.4 Å². The molecule has 1 saturated heterocycles. The Morgan fingerprint density at radius 2 is 2.00 bits per heavy atom. The molecule has 8 heteroatoms. The second kappa shape index (κ2) is 6.94. The first-order valence-electron chi connectivity index (χ1n) is 9.00. The van der Waals surface area contributed by atoms with Gasteiger partial charge in [-0.2, -0.15) is 9.40 Å². The molecule has 1 N–H and O–H groups in total. The molecule has 1 aliphatic heterocycles. The minimum Gasteiger partial charge on any atom is -0.360 e. The minimum atomic E-state index is -3.64. The van der Waals surface area contributed by atoms with Crippen LogP contribution in [0.15, 0.2) is 45.9 Å². The number of rotatable bonds is 4. The molecule has 0 radical (unpaired) electrons. The molecule has 0 bridgehead atoms. The van der Waals surface area contributed by atoms with Crippen molar-refractivity contribution in [3.05, 3.63) is 53.7 Å². The Balaban J connectivity index is 1.64. The number of nitrogens with zero attached hydrogens (tertiary/aromatic N) is 3. The van der Waals surface area contributed by atoms with Gasteiger partial charge in [-0.3, -0.25) is 5.10 Å². The van der Waals surface area contributed by atoms with Crippen LogP contribution in [0.2, 0.25) is 0 Å². The smallest absolute Gasteiger partial charge is 0.248 e. The van der Waals surface area contributed by atoms with Crippen molar-refractivity contribution in [2.45, 2.75) is 37.5 Å². The van der Waals surface area contributed by atoms with Gasteiger partial charge in [-0.25, -0.2) is 8.42 Å². The molecule has 0 spiro atoms. The van der Waals surface area contributed by atoms with Gasteiger partial charge in [-0.1, -0.05) is 35.5 Å². The Hall–Kier alpha value is -2.45. The monoisotopic (exact) mass is 386 g/mol. The highest BCUT2D eigenvalue weighted by molar-refractivity contribution is 7.89. The highest BCUT2D eigenvalue weighted by atomic mass is 32.2. The molecule has 142 valence electrons. The lowest BCUT2D eigenvalue weighted by molar-refractivity contribution is 0.312. The number of benzene rings is 1. The molecule has 3 aromatic rings. The fraction of sp³-hybridized carbons (Fsp3) is 0.368. The summed E-state index contributed by atoms with van der Waals surface area (Å²) in [5, 5.41) is 11.1. The van der Waals surface area contributed by atoms with E-state index in [1.807, 2.05) is 36.5 Å². The van der Waals surface area contributed by atoms with Gasteiger partial charge in [0.05, 0.1) is 6.20 Å². The van der Waals surface area contributed by atoms with E-state index in [4.69, 9.17) is 4.52 Å². The SMILES string of the molecule is Cc1noc(C)c1S(=O)(=O)N1CCCC(c2[nH]ncc2-c2ccccc2)C1. The van der Waals surface area contributed by atoms with E-state index in [1.165, 1.54) is 0 Å². The Morgan fingerprint density at radius 1 is 1.22 bits per heavy atom. The van der Waals surface area contributed by atoms with Crippen molar-refractivity contribution < 1.29 is 12.9 Å². The molecule has 3 heterocycles. The summed E-state index contributed by atoms with van der Waals surface area (Å²) < 4.78 is 32.9. The van der Waals surface area contributed by atoms with Crippen molar-refractivity contribution in [1.82, 2.24) is 19.7 Å². The number of hydrogen-bond acceptors (Lipinski definition) is 5. The lowest BCUT2D eigenvalue weighted by Crippen LogP contribution is -2.39. The maximum absolute atomic E-state index is 13.2. The van der Waals surface area contributed by atoms with E-state index >= 15 is 0 Å². The van der Waals surface area contributed by atoms with Gasteiger partial charge in [0, 0.05) is 30.3 Å². The maximum atomic E-state index is 13.2. The molecule has 0 aliphatic carbocycles. The average molecular weight is 386 g/mol. The summed E-state index contributed by atoms with van der Waals surface area (Å²) in [6, 6.07) is 10.0. The molecule has 27 heavy (non-hydrogen) atoms. The van der Waals surface area contributed by atoms with Gasteiger partial charge in [-0.15, -0.1) is 0 Å². The van der Waals surface area contributed by atoms with Crippen LogP contribution in [0.4, 0.5) is 0 Å². The summed E-state index contributed by atoms with van der Waals surface area (Å²) in [4.78, 5) is 0.191. The van der Waals surface area contributed by atoms with Crippen LogP contribution in [0.25, 0.3) is 11.1 Å². The van der Waals surface area contributed by atoms with E-state index in [1.54, 1.807) is 18.2 Å². The van der Waals surface area contributed by atoms with Crippen molar-refractivity contribution in [1.29, 1.82) is 0 Å². The predicted molar refractivity (Wildman–Crippen MR) is 101 cm³/mol. The molecule has 1 unspecified atom stereocenters. The van der Waals surface area contributed by atoms with Crippen molar-refractivity contribution in [3.8, 4) is 11.1 Å². The summed E-state index contributed by atoms with van der Waals surface area (Å²) >= 11 is 0. The third-order valence-corrected chi connectivity index (χ3v) is 7.22. The molecular formula is C19H22N4O3S. The zero-order valence-electron chi connectivity index (χ0n) is 15.3. The van der Waals surface area contributed by atoms with Gasteiger partial charge in [-0.05, 0) is 32.3 Å². The number of piperidine rings is 1. The first-order valence-corrected chi connectivity index (χ1v) is 10.4. The first kappa shape index (κ1) is 17.9. The fourth-order valence-corrected chi connectivity index (χ4v) is 5.64. The van der Waals surface area contributed by atoms with Crippen LogP contribution < -0.4 is 0 Å². The Bertz CT molecular complexity index is 1020. The second-order valence-corrected chi connectivity index (χ2v) is 8.79. The zero-order valence-corrected chi connectivity index (χ0v) is 16.2. The quantitative estimate of drug-likeness (QED) is 0.743. The van der Waals surface area contributed by atoms with Crippen LogP contribution in [-0.2, 0) is 10.0 Å². The Kier molecular flexibility index (Phi) is 4.61. The largest absolute Gasteiger partial charge is 0.360 e. The van der Waals surface area contributed by atoms with E-state index in [9.17, 15) is 8.42 Å². The molecule has 1 aromatic carbocycles. The highest BCUT2D eigenvalue weighted by Crippen LogP contribution is 2.35. The topological polar surface area (TPSA) is 92.1 Å². The van der Waals surface area contributed by atoms with Crippen molar-refractivity contribution in [2.75, 3.05) is 13.1 Å². The third kappa shape index (κ3) is 3.19. The number of aromatic nitrogens is 3. The van der Waals surface area contributed by atoms with Crippen LogP contribution in [-0.4, -0.2) is 41.2 Å². The van der Waals surface area contributed by atoms with Crippen LogP contribution in [0.3, 0.4) is 0 Å². The molecule has 2 aromatic heterocycles. The molecule has 7 nitrogen and oxygen atoms in total. The van der Waals surface area contributed by atoms with Gasteiger partial charge < -0.3 is 4.52 Å². The number of nitrogens with one attached hydrogen (secondary N) is 1. The number of hydrogen-bond donors (Lipinski definition) is 1. The van der Waals surface area contributed by atoms with Gasteiger partial charge in [0.1, 0.15) is 10.6 Å². The molecule has 1 aliphatic rings. The van der Waals surface area contributed by atoms with Crippen molar-refractivity contribution in [2.24, 2.45) is 0 Å². The molecular weight excluding hydrogens is 364 g/mol. The molecule has 0 saturated carbocycles. The molecule has 4 rings (SSSR count). The predicted octanol–water partition coefficient (Wildman–Crippen LogP) is 3.25. The number of sulfonamides is 1. The summed E-state index contributed by atoms with van der Waals surface area (Å²) in [6.45, 7) is 4.20. The molecule has 0 amide bonds. The number of aromatic amines is 1. The van der Waals surface area contributed by atoms with E-state index in [0.717, 1.165) is 29.7 Å². The van der Waals surface area contributed by atoms with Gasteiger partial charge in [0.25, 0.3) is 0 Å². The van der Waals surface area contributed by atoms with Gasteiger partial charge in [0.2, 0.25) is 10.0 Å². The van der Waals surface area contributed by atoms with Crippen molar-refractivity contribution >= 4 is 10.0 Å². The Morgan fingerprint density at radius 3 is 2.70 bits per heavy atom. The maximum Gasteiger partial charge on any atom is 0.248 e. The van der Waals surface area contributed by atoms with Crippen LogP contribution in [0.1, 0.15) is 35.9 Å². The fourth-order valence-electron chi connectivity index (χ4n) is 3.82. The van der Waals surface area contributed by atoms with Crippen LogP contribution in [0, 0.1) is 13.8 Å². The second-order valence-electron chi connectivity index (χ2n) is 6.92. The van der Waals surface area contributed by atoms with Gasteiger partial charge >= 0.3 is 0 Å². The van der Waals surface area contributed by atoms with Crippen LogP contribution >= 0.6 is 0 Å². The standard InChI is InChI=1S/C19H22N4O3S/c1-13-19(14(2)26-22-13)27(24,25)23-10-6-9-16(12-23)18-17(11-20-21-18)15-7-4-3-5-8-15/h3-5,7-8,11,16H,6,9-10,12H2,1-2H3,(H,20,21). The highest BCUT2D eigenvalue weighted by Gasteiger charge is 2.35. The summed E-state index contributed by atoms with van der Waals surface area (Å²) in [5.41, 5.74) is 3.49. The molecule has 1 fully saturated rings. The minimum absolute atomic E-state index is 0.0618. The van der Waals surface area contributed by atoms with Crippen LogP contribution in [0.5, 0.6) is 0 Å². The Labute approximate surface area is 158 Å². The summed E-state index contributed by atoms with van der Waals surface area (Å²) in [5.74, 6) is 0.396. The van der Waals surface area contributed by atoms with E-state index < -0.39 is 10.0 Å². The summed E-state index contributed by atoms with van der Waals surface area (Å²) in [6.07, 6.45) is 3.52. The molecule has 1 atom stereocenters.